The molecule has 1 aromatic heterocycles. The van der Waals surface area contributed by atoms with E-state index in [0.717, 1.165) is 22.9 Å². The van der Waals surface area contributed by atoms with Crippen LogP contribution in [0.2, 0.25) is 0 Å². The molecule has 3 aromatic rings. The monoisotopic (exact) mass is 425 g/mol. The van der Waals surface area contributed by atoms with Gasteiger partial charge >= 0.3 is 0 Å². The Kier molecular flexibility index (Phi) is 5.07. The number of fused-ring (bicyclic) bond motifs is 1. The van der Waals surface area contributed by atoms with Gasteiger partial charge < -0.3 is 5.32 Å². The zero-order chi connectivity index (χ0) is 18.8. The maximum atomic E-state index is 12.8. The van der Waals surface area contributed by atoms with Crippen LogP contribution in [0.1, 0.15) is 30.9 Å². The first-order chi connectivity index (χ1) is 13.1. The summed E-state index contributed by atoms with van der Waals surface area (Å²) in [5.74, 6) is 0.366. The highest BCUT2D eigenvalue weighted by Gasteiger charge is 2.29. The largest absolute Gasteiger partial charge is 0.347 e. The summed E-state index contributed by atoms with van der Waals surface area (Å²) in [6, 6.07) is 15.4. The Labute approximate surface area is 165 Å². The van der Waals surface area contributed by atoms with Gasteiger partial charge in [0.15, 0.2) is 0 Å². The number of rotatable bonds is 5. The van der Waals surface area contributed by atoms with Gasteiger partial charge in [0, 0.05) is 9.86 Å². The van der Waals surface area contributed by atoms with Crippen LogP contribution in [0.3, 0.4) is 0 Å². The van der Waals surface area contributed by atoms with Crippen LogP contribution >= 0.6 is 15.9 Å². The lowest BCUT2D eigenvalue weighted by molar-refractivity contribution is -0.123. The van der Waals surface area contributed by atoms with Gasteiger partial charge in [0.25, 0.3) is 0 Å². The molecule has 0 bridgehead atoms. The van der Waals surface area contributed by atoms with Crippen LogP contribution in [0.15, 0.2) is 64.0 Å². The Bertz CT molecular complexity index is 1030. The first-order valence-electron chi connectivity index (χ1n) is 9.11. The molecule has 1 amide bonds. The SMILES string of the molecule is O=C(Cn1ncc(=O)c2ccccc21)NC(c1ccc(Br)cc1)C1CCC1. The number of nitrogens with one attached hydrogen (secondary N) is 1. The molecule has 1 atom stereocenters. The van der Waals surface area contributed by atoms with Gasteiger partial charge in [-0.2, -0.15) is 5.10 Å². The molecule has 6 heteroatoms. The molecule has 1 aliphatic carbocycles. The molecule has 0 aliphatic heterocycles. The molecule has 4 rings (SSSR count). The minimum Gasteiger partial charge on any atom is -0.347 e. The number of amides is 1. The number of hydrogen-bond acceptors (Lipinski definition) is 3. The maximum absolute atomic E-state index is 12.8. The molecule has 1 N–H and O–H groups in total. The van der Waals surface area contributed by atoms with Gasteiger partial charge in [-0.3, -0.25) is 14.3 Å². The van der Waals surface area contributed by atoms with Crippen LogP contribution in [0.4, 0.5) is 0 Å². The highest BCUT2D eigenvalue weighted by atomic mass is 79.9. The summed E-state index contributed by atoms with van der Waals surface area (Å²) in [6.45, 7) is 0.0839. The van der Waals surface area contributed by atoms with Crippen LogP contribution in [0.5, 0.6) is 0 Å². The third-order valence-electron chi connectivity index (χ3n) is 5.22. The van der Waals surface area contributed by atoms with Crippen molar-refractivity contribution < 1.29 is 4.79 Å². The second kappa shape index (κ2) is 7.64. The number of aromatic nitrogens is 2. The van der Waals surface area contributed by atoms with Gasteiger partial charge in [0.2, 0.25) is 11.3 Å². The smallest absolute Gasteiger partial charge is 0.242 e. The number of nitrogens with zero attached hydrogens (tertiary/aromatic N) is 2. The first-order valence-corrected chi connectivity index (χ1v) is 9.91. The van der Waals surface area contributed by atoms with Crippen molar-refractivity contribution in [3.05, 3.63) is 75.0 Å². The molecule has 1 aliphatic rings. The number of carbonyl (C=O) groups is 1. The molecule has 0 radical (unpaired) electrons. The van der Waals surface area contributed by atoms with Crippen molar-refractivity contribution in [2.45, 2.75) is 31.8 Å². The van der Waals surface area contributed by atoms with E-state index in [1.165, 1.54) is 12.6 Å². The van der Waals surface area contributed by atoms with Crippen molar-refractivity contribution in [3.63, 3.8) is 0 Å². The number of para-hydroxylation sites is 1. The van der Waals surface area contributed by atoms with Crippen molar-refractivity contribution in [2.75, 3.05) is 0 Å². The second-order valence-electron chi connectivity index (χ2n) is 6.97. The Morgan fingerprint density at radius 2 is 1.93 bits per heavy atom. The Hall–Kier alpha value is -2.47. The van der Waals surface area contributed by atoms with Gasteiger partial charge in [-0.25, -0.2) is 0 Å². The summed E-state index contributed by atoms with van der Waals surface area (Å²) in [6.07, 6.45) is 4.73. The lowest BCUT2D eigenvalue weighted by Crippen LogP contribution is -2.38. The molecule has 1 fully saturated rings. The lowest BCUT2D eigenvalue weighted by atomic mass is 9.77. The molecule has 138 valence electrons. The lowest BCUT2D eigenvalue weighted by Gasteiger charge is -2.34. The summed E-state index contributed by atoms with van der Waals surface area (Å²) in [5, 5.41) is 7.92. The Morgan fingerprint density at radius 1 is 1.19 bits per heavy atom. The normalized spacial score (nSPS) is 15.3. The summed E-state index contributed by atoms with van der Waals surface area (Å²) < 4.78 is 2.61. The quantitative estimate of drug-likeness (QED) is 0.675. The van der Waals surface area contributed by atoms with Crippen molar-refractivity contribution in [1.29, 1.82) is 0 Å². The zero-order valence-corrected chi connectivity index (χ0v) is 16.4. The van der Waals surface area contributed by atoms with E-state index in [2.05, 4.69) is 38.5 Å². The number of halogens is 1. The molecule has 1 heterocycles. The van der Waals surface area contributed by atoms with E-state index in [9.17, 15) is 9.59 Å². The van der Waals surface area contributed by atoms with E-state index >= 15 is 0 Å². The second-order valence-corrected chi connectivity index (χ2v) is 7.89. The molecule has 5 nitrogen and oxygen atoms in total. The van der Waals surface area contributed by atoms with E-state index in [-0.39, 0.29) is 23.9 Å². The Morgan fingerprint density at radius 3 is 2.63 bits per heavy atom. The average molecular weight is 426 g/mol. The van der Waals surface area contributed by atoms with E-state index in [4.69, 9.17) is 0 Å². The fourth-order valence-electron chi connectivity index (χ4n) is 3.56. The third kappa shape index (κ3) is 3.81. The minimum atomic E-state index is -0.135. The fraction of sp³-hybridized carbons (Fsp3) is 0.286. The van der Waals surface area contributed by atoms with Crippen LogP contribution in [-0.4, -0.2) is 15.7 Å². The summed E-state index contributed by atoms with van der Waals surface area (Å²) >= 11 is 3.46. The molecule has 2 aromatic carbocycles. The maximum Gasteiger partial charge on any atom is 0.242 e. The van der Waals surface area contributed by atoms with Crippen molar-refractivity contribution in [1.82, 2.24) is 15.1 Å². The standard InChI is InChI=1S/C21H20BrN3O2/c22-16-10-8-15(9-11-16)21(14-4-3-5-14)24-20(27)13-25-18-7-2-1-6-17(18)19(26)12-23-25/h1-2,6-12,14,21H,3-5,13H2,(H,24,27). The van der Waals surface area contributed by atoms with Crippen LogP contribution < -0.4 is 10.7 Å². The molecular weight excluding hydrogens is 406 g/mol. The van der Waals surface area contributed by atoms with E-state index in [0.29, 0.717) is 16.8 Å². The van der Waals surface area contributed by atoms with E-state index in [1.807, 2.05) is 30.3 Å². The van der Waals surface area contributed by atoms with Gasteiger partial charge in [0.05, 0.1) is 17.8 Å². The molecule has 0 saturated heterocycles. The van der Waals surface area contributed by atoms with Crippen molar-refractivity contribution in [2.24, 2.45) is 5.92 Å². The fourth-order valence-corrected chi connectivity index (χ4v) is 3.82. The third-order valence-corrected chi connectivity index (χ3v) is 5.75. The van der Waals surface area contributed by atoms with E-state index in [1.54, 1.807) is 10.7 Å². The Balaban J connectivity index is 1.56. The van der Waals surface area contributed by atoms with Crippen LogP contribution in [0, 0.1) is 5.92 Å². The highest BCUT2D eigenvalue weighted by Crippen LogP contribution is 2.38. The zero-order valence-electron chi connectivity index (χ0n) is 14.8. The van der Waals surface area contributed by atoms with Gasteiger partial charge in [-0.05, 0) is 48.6 Å². The molecule has 1 unspecified atom stereocenters. The van der Waals surface area contributed by atoms with Crippen LogP contribution in [-0.2, 0) is 11.3 Å². The predicted molar refractivity (Wildman–Crippen MR) is 108 cm³/mol. The first kappa shape index (κ1) is 17.9. The summed E-state index contributed by atoms with van der Waals surface area (Å²) in [7, 11) is 0. The van der Waals surface area contributed by atoms with E-state index < -0.39 is 0 Å². The van der Waals surface area contributed by atoms with Gasteiger partial charge in [0.1, 0.15) is 6.54 Å². The van der Waals surface area contributed by atoms with Gasteiger partial charge in [-0.15, -0.1) is 0 Å². The molecule has 27 heavy (non-hydrogen) atoms. The molecule has 1 saturated carbocycles. The number of benzene rings is 2. The van der Waals surface area contributed by atoms with Gasteiger partial charge in [-0.1, -0.05) is 46.6 Å². The molecular formula is C21H20BrN3O2. The average Bonchev–Trinajstić information content (AvgIpc) is 2.63. The topological polar surface area (TPSA) is 64.0 Å². The number of carbonyl (C=O) groups excluding carboxylic acids is 1. The summed E-state index contributed by atoms with van der Waals surface area (Å²) in [5.41, 5.74) is 1.66. The van der Waals surface area contributed by atoms with Crippen molar-refractivity contribution in [3.8, 4) is 0 Å². The van der Waals surface area contributed by atoms with Crippen LogP contribution in [0.25, 0.3) is 10.9 Å². The molecule has 0 spiro atoms. The highest BCUT2D eigenvalue weighted by molar-refractivity contribution is 9.10. The van der Waals surface area contributed by atoms with Crippen molar-refractivity contribution >= 4 is 32.7 Å². The summed E-state index contributed by atoms with van der Waals surface area (Å²) in [4.78, 5) is 24.7. The number of hydrogen-bond donors (Lipinski definition) is 1. The minimum absolute atomic E-state index is 0.00463. The predicted octanol–water partition coefficient (Wildman–Crippen LogP) is 3.82.